The van der Waals surface area contributed by atoms with E-state index in [0.29, 0.717) is 0 Å². The quantitative estimate of drug-likeness (QED) is 0.465. The fourth-order valence-corrected chi connectivity index (χ4v) is 1.68. The summed E-state index contributed by atoms with van der Waals surface area (Å²) in [6.45, 7) is 0.281. The predicted molar refractivity (Wildman–Crippen MR) is 50.6 cm³/mol. The summed E-state index contributed by atoms with van der Waals surface area (Å²) in [6, 6.07) is 1.64. The van der Waals surface area contributed by atoms with Crippen molar-refractivity contribution in [2.45, 2.75) is 39.9 Å². The van der Waals surface area contributed by atoms with Gasteiger partial charge < -0.3 is 5.21 Å². The normalized spacial score (nSPS) is 46.2. The van der Waals surface area contributed by atoms with Gasteiger partial charge in [0.2, 0.25) is 0 Å². The Bertz CT molecular complexity index is 421. The fraction of sp³-hybridized carbons (Fsp3) is 0.800. The van der Waals surface area contributed by atoms with Crippen molar-refractivity contribution in [3.8, 4) is 6.07 Å². The molecule has 0 heterocycles. The molecule has 1 saturated carbocycles. The maximum atomic E-state index is 9.27. The third-order valence-electron chi connectivity index (χ3n) is 2.00. The minimum Gasteiger partial charge on any atom is -0.411 e. The second-order valence-corrected chi connectivity index (χ2v) is 4.05. The Balaban J connectivity index is 3.53. The first-order valence-corrected chi connectivity index (χ1v) is 4.06. The van der Waals surface area contributed by atoms with Crippen molar-refractivity contribution in [1.29, 1.82) is 5.26 Å². The van der Waals surface area contributed by atoms with Crippen LogP contribution in [0.4, 0.5) is 0 Å². The molecule has 0 aromatic heterocycles. The number of oxime groups is 1. The van der Waals surface area contributed by atoms with Gasteiger partial charge in [-0.3, -0.25) is 0 Å². The second kappa shape index (κ2) is 3.02. The zero-order chi connectivity index (χ0) is 14.4. The van der Waals surface area contributed by atoms with Crippen LogP contribution in [0.25, 0.3) is 0 Å². The van der Waals surface area contributed by atoms with Crippen molar-refractivity contribution in [1.82, 2.24) is 0 Å². The lowest BCUT2D eigenvalue weighted by atomic mass is 9.64. The maximum Gasteiger partial charge on any atom is 0.0691 e. The van der Waals surface area contributed by atoms with Gasteiger partial charge in [-0.05, 0) is 25.1 Å². The van der Waals surface area contributed by atoms with Crippen LogP contribution in [0.3, 0.4) is 0 Å². The first kappa shape index (κ1) is 4.99. The summed E-state index contributed by atoms with van der Waals surface area (Å²) in [7, 11) is 0. The Morgan fingerprint density at radius 1 is 1.69 bits per heavy atom. The lowest BCUT2D eigenvalue weighted by molar-refractivity contribution is 0.206. The molecule has 0 aromatic carbocycles. The summed E-state index contributed by atoms with van der Waals surface area (Å²) < 4.78 is 38.7. The number of nitriles is 1. The molecule has 13 heavy (non-hydrogen) atoms. The van der Waals surface area contributed by atoms with Gasteiger partial charge in [0.1, 0.15) is 0 Å². The van der Waals surface area contributed by atoms with E-state index in [0.717, 1.165) is 0 Å². The summed E-state index contributed by atoms with van der Waals surface area (Å²) in [5, 5.41) is 21.1. The average molecular weight is 185 g/mol. The summed E-state index contributed by atoms with van der Waals surface area (Å²) in [6.07, 6.45) is -2.48. The number of hydrogen-bond donors (Lipinski definition) is 1. The Kier molecular flexibility index (Phi) is 1.16. The van der Waals surface area contributed by atoms with Gasteiger partial charge in [0.05, 0.1) is 17.2 Å². The zero-order valence-corrected chi connectivity index (χ0v) is 7.76. The van der Waals surface area contributed by atoms with Crippen LogP contribution >= 0.6 is 0 Å². The average Bonchev–Trinajstić information content (AvgIpc) is 2.20. The van der Waals surface area contributed by atoms with Crippen LogP contribution in [0.2, 0.25) is 0 Å². The molecule has 0 saturated heterocycles. The largest absolute Gasteiger partial charge is 0.411 e. The minimum atomic E-state index is -2.79. The number of hydrogen-bond acceptors (Lipinski definition) is 3. The molecular weight excluding hydrogens is 164 g/mol. The van der Waals surface area contributed by atoms with Gasteiger partial charge in [0, 0.05) is 13.3 Å². The molecule has 0 bridgehead atoms. The molecule has 1 fully saturated rings. The van der Waals surface area contributed by atoms with Gasteiger partial charge in [0.15, 0.2) is 0 Å². The molecule has 1 aliphatic carbocycles. The van der Waals surface area contributed by atoms with Crippen molar-refractivity contribution in [2.24, 2.45) is 16.0 Å². The Morgan fingerprint density at radius 3 is 2.85 bits per heavy atom. The van der Waals surface area contributed by atoms with Crippen molar-refractivity contribution in [3.63, 3.8) is 0 Å². The Labute approximate surface area is 86.1 Å². The SMILES string of the molecule is [2H]C([2H])([2H])C1(C#N)CC(=NO)CC(C)(C)C1([2H])[2H]. The molecule has 0 radical (unpaired) electrons. The van der Waals surface area contributed by atoms with Crippen LogP contribution in [-0.2, 0) is 0 Å². The second-order valence-electron chi connectivity index (χ2n) is 4.05. The molecule has 1 unspecified atom stereocenters. The first-order valence-electron chi connectivity index (χ1n) is 6.56. The molecule has 0 spiro atoms. The molecule has 0 aromatic rings. The van der Waals surface area contributed by atoms with Gasteiger partial charge in [0.25, 0.3) is 0 Å². The predicted octanol–water partition coefficient (Wildman–Crippen LogP) is 2.56. The lowest BCUT2D eigenvalue weighted by Crippen LogP contribution is -2.35. The molecule has 1 rings (SSSR count). The summed E-state index contributed by atoms with van der Waals surface area (Å²) in [4.78, 5) is 0. The van der Waals surface area contributed by atoms with Crippen LogP contribution in [0.15, 0.2) is 5.16 Å². The fourth-order valence-electron chi connectivity index (χ4n) is 1.68. The number of nitrogens with zero attached hydrogens (tertiary/aromatic N) is 2. The summed E-state index contributed by atoms with van der Waals surface area (Å²) >= 11 is 0. The van der Waals surface area contributed by atoms with Crippen molar-refractivity contribution in [2.75, 3.05) is 0 Å². The van der Waals surface area contributed by atoms with Gasteiger partial charge in [-0.2, -0.15) is 5.26 Å². The van der Waals surface area contributed by atoms with E-state index in [2.05, 4.69) is 5.16 Å². The number of rotatable bonds is 0. The molecule has 1 N–H and O–H groups in total. The van der Waals surface area contributed by atoms with Crippen LogP contribution in [0.1, 0.15) is 46.8 Å². The van der Waals surface area contributed by atoms with E-state index >= 15 is 0 Å². The maximum absolute atomic E-state index is 9.27. The third kappa shape index (κ3) is 2.21. The highest BCUT2D eigenvalue weighted by atomic mass is 16.4. The third-order valence-corrected chi connectivity index (χ3v) is 2.00. The van der Waals surface area contributed by atoms with E-state index in [1.54, 1.807) is 6.07 Å². The van der Waals surface area contributed by atoms with E-state index < -0.39 is 24.1 Å². The van der Waals surface area contributed by atoms with E-state index in [4.69, 9.17) is 12.1 Å². The standard InChI is InChI=1S/C10H16N2O/c1-9(2)4-8(12-13)5-10(3,6-9)7-11/h13H,4-6H2,1-3H3/i3D3,6D2. The van der Waals surface area contributed by atoms with Gasteiger partial charge >= 0.3 is 0 Å². The molecule has 3 heteroatoms. The highest BCUT2D eigenvalue weighted by Gasteiger charge is 2.39. The van der Waals surface area contributed by atoms with Gasteiger partial charge in [-0.25, -0.2) is 0 Å². The molecule has 72 valence electrons. The minimum absolute atomic E-state index is 0.121. The van der Waals surface area contributed by atoms with Crippen molar-refractivity contribution < 1.29 is 12.1 Å². The van der Waals surface area contributed by atoms with E-state index in [1.807, 2.05) is 0 Å². The van der Waals surface area contributed by atoms with Crippen molar-refractivity contribution in [3.05, 3.63) is 0 Å². The highest BCUT2D eigenvalue weighted by Crippen LogP contribution is 2.44. The van der Waals surface area contributed by atoms with E-state index in [1.165, 1.54) is 13.8 Å². The van der Waals surface area contributed by atoms with E-state index in [-0.39, 0.29) is 18.6 Å². The van der Waals surface area contributed by atoms with Crippen LogP contribution < -0.4 is 0 Å². The molecule has 1 atom stereocenters. The summed E-state index contributed by atoms with van der Waals surface area (Å²) in [5.41, 5.74) is -3.15. The Morgan fingerprint density at radius 2 is 2.38 bits per heavy atom. The first-order chi connectivity index (χ1) is 7.95. The lowest BCUT2D eigenvalue weighted by Gasteiger charge is -2.38. The zero-order valence-electron chi connectivity index (χ0n) is 12.8. The van der Waals surface area contributed by atoms with Crippen LogP contribution in [-0.4, -0.2) is 10.9 Å². The molecule has 1 aliphatic rings. The molecule has 3 nitrogen and oxygen atoms in total. The van der Waals surface area contributed by atoms with Crippen LogP contribution in [0.5, 0.6) is 0 Å². The Hall–Kier alpha value is -1.04. The van der Waals surface area contributed by atoms with Crippen LogP contribution in [0, 0.1) is 22.2 Å². The van der Waals surface area contributed by atoms with Crippen molar-refractivity contribution >= 4 is 5.71 Å². The van der Waals surface area contributed by atoms with E-state index in [9.17, 15) is 5.26 Å². The molecular formula is C10H16N2O. The van der Waals surface area contributed by atoms with Gasteiger partial charge in [-0.15, -0.1) is 0 Å². The van der Waals surface area contributed by atoms with Gasteiger partial charge in [-0.1, -0.05) is 19.0 Å². The monoisotopic (exact) mass is 185 g/mol. The highest BCUT2D eigenvalue weighted by molar-refractivity contribution is 5.86. The molecule has 0 amide bonds. The molecule has 0 aliphatic heterocycles. The smallest absolute Gasteiger partial charge is 0.0691 e. The topological polar surface area (TPSA) is 56.4 Å². The summed E-state index contributed by atoms with van der Waals surface area (Å²) in [5.74, 6) is 0.